The quantitative estimate of drug-likeness (QED) is 0.448. The normalized spacial score (nSPS) is 19.0. The minimum absolute atomic E-state index is 0.0808. The fourth-order valence-corrected chi connectivity index (χ4v) is 3.99. The molecule has 1 aliphatic rings. The molecule has 1 amide bonds. The number of hydrogen-bond donors (Lipinski definition) is 0. The van der Waals surface area contributed by atoms with Crippen molar-refractivity contribution in [2.24, 2.45) is 0 Å². The summed E-state index contributed by atoms with van der Waals surface area (Å²) in [6, 6.07) is 9.09. The van der Waals surface area contributed by atoms with Crippen LogP contribution in [0.2, 0.25) is 0 Å². The smallest absolute Gasteiger partial charge is 0.338 e. The maximum atomic E-state index is 13.4. The lowest BCUT2D eigenvalue weighted by atomic mass is 9.97. The topological polar surface area (TPSA) is 72.9 Å². The first-order chi connectivity index (χ1) is 15.7. The highest BCUT2D eigenvalue weighted by Gasteiger charge is 2.29. The standard InChI is InChI=1S/C25H27F2NO5/c1-15-5-4-6-16(2)28(15)23(29)14-32-20-10-7-18(8-11-20)25(31)33-17(3)24(30)19-9-12-21(26)22(27)13-19/h7-13,15-17H,4-6,14H2,1-3H3. The van der Waals surface area contributed by atoms with Crippen LogP contribution in [0.3, 0.4) is 0 Å². The Bertz CT molecular complexity index is 1010. The molecule has 0 saturated carbocycles. The van der Waals surface area contributed by atoms with Crippen LogP contribution in [0.5, 0.6) is 5.75 Å². The fraction of sp³-hybridized carbons (Fsp3) is 0.400. The molecule has 1 aliphatic heterocycles. The minimum atomic E-state index is -1.19. The van der Waals surface area contributed by atoms with Gasteiger partial charge < -0.3 is 14.4 Å². The van der Waals surface area contributed by atoms with Gasteiger partial charge in [-0.2, -0.15) is 0 Å². The van der Waals surface area contributed by atoms with Crippen LogP contribution in [0.25, 0.3) is 0 Å². The largest absolute Gasteiger partial charge is 0.484 e. The summed E-state index contributed by atoms with van der Waals surface area (Å²) in [5.41, 5.74) is 0.0804. The van der Waals surface area contributed by atoms with Crippen molar-refractivity contribution in [2.45, 2.75) is 58.2 Å². The van der Waals surface area contributed by atoms with Crippen LogP contribution in [-0.4, -0.2) is 47.4 Å². The number of ether oxygens (including phenoxy) is 2. The molecule has 1 heterocycles. The Morgan fingerprint density at radius 2 is 1.58 bits per heavy atom. The number of halogens is 2. The summed E-state index contributed by atoms with van der Waals surface area (Å²) in [6.07, 6.45) is 1.87. The number of esters is 1. The third-order valence-corrected chi connectivity index (χ3v) is 5.79. The first-order valence-electron chi connectivity index (χ1n) is 10.9. The average Bonchev–Trinajstić information content (AvgIpc) is 2.79. The van der Waals surface area contributed by atoms with E-state index in [-0.39, 0.29) is 35.7 Å². The highest BCUT2D eigenvalue weighted by atomic mass is 19.2. The summed E-state index contributed by atoms with van der Waals surface area (Å²) in [5, 5.41) is 0. The number of carbonyl (C=O) groups is 3. The van der Waals surface area contributed by atoms with Gasteiger partial charge in [0.15, 0.2) is 24.3 Å². The zero-order valence-electron chi connectivity index (χ0n) is 18.8. The summed E-state index contributed by atoms with van der Waals surface area (Å²) in [7, 11) is 0. The number of piperidine rings is 1. The van der Waals surface area contributed by atoms with Crippen LogP contribution >= 0.6 is 0 Å². The molecular formula is C25H27F2NO5. The second kappa shape index (κ2) is 10.6. The number of amides is 1. The first-order valence-corrected chi connectivity index (χ1v) is 10.9. The van der Waals surface area contributed by atoms with Crippen molar-refractivity contribution in [3.8, 4) is 5.75 Å². The Hall–Kier alpha value is -3.29. The molecule has 2 aromatic rings. The summed E-state index contributed by atoms with van der Waals surface area (Å²) >= 11 is 0. The molecule has 3 atom stereocenters. The van der Waals surface area contributed by atoms with E-state index in [1.807, 2.05) is 18.7 Å². The molecular weight excluding hydrogens is 432 g/mol. The molecule has 0 N–H and O–H groups in total. The Morgan fingerprint density at radius 3 is 2.18 bits per heavy atom. The number of carbonyl (C=O) groups excluding carboxylic acids is 3. The van der Waals surface area contributed by atoms with E-state index in [2.05, 4.69) is 0 Å². The van der Waals surface area contributed by atoms with Crippen LogP contribution in [0.15, 0.2) is 42.5 Å². The van der Waals surface area contributed by atoms with Gasteiger partial charge in [0.25, 0.3) is 5.91 Å². The van der Waals surface area contributed by atoms with Crippen LogP contribution in [0.1, 0.15) is 60.7 Å². The minimum Gasteiger partial charge on any atom is -0.484 e. The van der Waals surface area contributed by atoms with Gasteiger partial charge in [-0.25, -0.2) is 13.6 Å². The molecule has 1 saturated heterocycles. The van der Waals surface area contributed by atoms with Gasteiger partial charge in [-0.3, -0.25) is 9.59 Å². The second-order valence-corrected chi connectivity index (χ2v) is 8.28. The molecule has 3 unspecified atom stereocenters. The number of nitrogens with zero attached hydrogens (tertiary/aromatic N) is 1. The van der Waals surface area contributed by atoms with Gasteiger partial charge in [0.05, 0.1) is 5.56 Å². The third kappa shape index (κ3) is 5.94. The lowest BCUT2D eigenvalue weighted by Gasteiger charge is -2.38. The Labute approximate surface area is 191 Å². The number of hydrogen-bond acceptors (Lipinski definition) is 5. The summed E-state index contributed by atoms with van der Waals surface area (Å²) < 4.78 is 37.2. The van der Waals surface area contributed by atoms with Gasteiger partial charge in [0, 0.05) is 17.6 Å². The van der Waals surface area contributed by atoms with Gasteiger partial charge in [0.1, 0.15) is 5.75 Å². The van der Waals surface area contributed by atoms with Gasteiger partial charge in [-0.1, -0.05) is 0 Å². The number of likely N-dealkylation sites (tertiary alicyclic amines) is 1. The van der Waals surface area contributed by atoms with E-state index >= 15 is 0 Å². The molecule has 6 nitrogen and oxygen atoms in total. The zero-order valence-corrected chi connectivity index (χ0v) is 18.8. The average molecular weight is 459 g/mol. The first kappa shape index (κ1) is 24.4. The molecule has 0 bridgehead atoms. The summed E-state index contributed by atoms with van der Waals surface area (Å²) in [6.45, 7) is 5.32. The molecule has 0 aliphatic carbocycles. The Morgan fingerprint density at radius 1 is 0.970 bits per heavy atom. The van der Waals surface area contributed by atoms with Gasteiger partial charge in [0.2, 0.25) is 5.78 Å². The number of benzene rings is 2. The number of ketones is 1. The molecule has 0 aromatic heterocycles. The molecule has 2 aromatic carbocycles. The van der Waals surface area contributed by atoms with E-state index in [0.717, 1.165) is 37.5 Å². The van der Waals surface area contributed by atoms with Crippen molar-refractivity contribution in [1.29, 1.82) is 0 Å². The van der Waals surface area contributed by atoms with E-state index < -0.39 is 29.5 Å². The highest BCUT2D eigenvalue weighted by Crippen LogP contribution is 2.23. The summed E-state index contributed by atoms with van der Waals surface area (Å²) in [5.74, 6) is -3.29. The molecule has 176 valence electrons. The maximum absolute atomic E-state index is 13.4. The van der Waals surface area contributed by atoms with Gasteiger partial charge in [-0.15, -0.1) is 0 Å². The van der Waals surface area contributed by atoms with Gasteiger partial charge in [-0.05, 0) is 82.5 Å². The zero-order chi connectivity index (χ0) is 24.1. The van der Waals surface area contributed by atoms with Gasteiger partial charge >= 0.3 is 5.97 Å². The molecule has 3 rings (SSSR count). The van der Waals surface area contributed by atoms with Crippen molar-refractivity contribution < 1.29 is 32.6 Å². The predicted molar refractivity (Wildman–Crippen MR) is 117 cm³/mol. The lowest BCUT2D eigenvalue weighted by molar-refractivity contribution is -0.139. The SMILES string of the molecule is CC(OC(=O)c1ccc(OCC(=O)N2C(C)CCCC2C)cc1)C(=O)c1ccc(F)c(F)c1. The highest BCUT2D eigenvalue weighted by molar-refractivity contribution is 6.01. The molecule has 0 radical (unpaired) electrons. The van der Waals surface area contributed by atoms with Crippen molar-refractivity contribution in [3.05, 3.63) is 65.2 Å². The Balaban J connectivity index is 1.54. The number of rotatable bonds is 7. The van der Waals surface area contributed by atoms with Crippen LogP contribution < -0.4 is 4.74 Å². The predicted octanol–water partition coefficient (Wildman–Crippen LogP) is 4.56. The molecule has 8 heteroatoms. The Kier molecular flexibility index (Phi) is 7.79. The second-order valence-electron chi connectivity index (χ2n) is 8.28. The van der Waals surface area contributed by atoms with Crippen molar-refractivity contribution in [3.63, 3.8) is 0 Å². The fourth-order valence-electron chi connectivity index (χ4n) is 3.99. The van der Waals surface area contributed by atoms with E-state index in [4.69, 9.17) is 9.47 Å². The van der Waals surface area contributed by atoms with Crippen molar-refractivity contribution >= 4 is 17.7 Å². The van der Waals surface area contributed by atoms with E-state index in [1.54, 1.807) is 0 Å². The molecule has 33 heavy (non-hydrogen) atoms. The van der Waals surface area contributed by atoms with E-state index in [0.29, 0.717) is 5.75 Å². The monoisotopic (exact) mass is 459 g/mol. The molecule has 1 fully saturated rings. The van der Waals surface area contributed by atoms with Crippen LogP contribution in [0, 0.1) is 11.6 Å². The van der Waals surface area contributed by atoms with Crippen LogP contribution in [0.4, 0.5) is 8.78 Å². The van der Waals surface area contributed by atoms with Crippen molar-refractivity contribution in [2.75, 3.05) is 6.61 Å². The third-order valence-electron chi connectivity index (χ3n) is 5.79. The molecule has 0 spiro atoms. The van der Waals surface area contributed by atoms with E-state index in [9.17, 15) is 23.2 Å². The van der Waals surface area contributed by atoms with E-state index in [1.165, 1.54) is 31.2 Å². The van der Waals surface area contributed by atoms with Crippen LogP contribution in [-0.2, 0) is 9.53 Å². The van der Waals surface area contributed by atoms with Crippen molar-refractivity contribution in [1.82, 2.24) is 4.90 Å². The maximum Gasteiger partial charge on any atom is 0.338 e. The number of Topliss-reactive ketones (excluding diaryl/α,β-unsaturated/α-hetero) is 1. The lowest BCUT2D eigenvalue weighted by Crippen LogP contribution is -2.49. The summed E-state index contributed by atoms with van der Waals surface area (Å²) in [4.78, 5) is 39.1.